The molecule has 8 heteroatoms. The van der Waals surface area contributed by atoms with Crippen LogP contribution in [-0.4, -0.2) is 49.7 Å². The van der Waals surface area contributed by atoms with E-state index in [0.717, 1.165) is 22.1 Å². The molecule has 0 unspecified atom stereocenters. The van der Waals surface area contributed by atoms with Gasteiger partial charge in [0.2, 0.25) is 10.0 Å². The van der Waals surface area contributed by atoms with Gasteiger partial charge in [-0.25, -0.2) is 8.42 Å². The highest BCUT2D eigenvalue weighted by atomic mass is 35.5. The quantitative estimate of drug-likeness (QED) is 0.605. The summed E-state index contributed by atoms with van der Waals surface area (Å²) in [5.74, 6) is 0.0432. The number of halogens is 1. The van der Waals surface area contributed by atoms with Crippen LogP contribution in [0.1, 0.15) is 27.2 Å². The van der Waals surface area contributed by atoms with E-state index in [1.807, 2.05) is 26.0 Å². The molecule has 2 heterocycles. The molecule has 2 aromatic carbocycles. The minimum atomic E-state index is -3.61. The SMILES string of the molecule is Cc1ccc(C)c(S(=O)(=O)N2CCN(C(=O)c3oc4ccc(Cl)cc4c3C)CC2)c1. The number of hydrogen-bond acceptors (Lipinski definition) is 4. The Morgan fingerprint density at radius 3 is 2.40 bits per heavy atom. The fraction of sp³-hybridized carbons (Fsp3) is 0.318. The Balaban J connectivity index is 1.53. The molecule has 4 rings (SSSR count). The molecule has 158 valence electrons. The van der Waals surface area contributed by atoms with Crippen LogP contribution in [0.25, 0.3) is 11.0 Å². The molecule has 0 N–H and O–H groups in total. The van der Waals surface area contributed by atoms with Gasteiger partial charge in [-0.3, -0.25) is 4.79 Å². The normalized spacial score (nSPS) is 15.7. The van der Waals surface area contributed by atoms with Crippen LogP contribution in [0.15, 0.2) is 45.7 Å². The molecule has 0 aliphatic carbocycles. The largest absolute Gasteiger partial charge is 0.451 e. The number of rotatable bonds is 3. The minimum absolute atomic E-state index is 0.233. The first kappa shape index (κ1) is 20.9. The van der Waals surface area contributed by atoms with Crippen LogP contribution in [0.4, 0.5) is 0 Å². The van der Waals surface area contributed by atoms with Crippen molar-refractivity contribution in [3.8, 4) is 0 Å². The van der Waals surface area contributed by atoms with Crippen LogP contribution in [-0.2, 0) is 10.0 Å². The van der Waals surface area contributed by atoms with Crippen LogP contribution in [0.2, 0.25) is 5.02 Å². The molecular formula is C22H23ClN2O4S. The summed E-state index contributed by atoms with van der Waals surface area (Å²) in [5.41, 5.74) is 2.96. The Hall–Kier alpha value is -2.35. The van der Waals surface area contributed by atoms with Crippen molar-refractivity contribution in [2.75, 3.05) is 26.2 Å². The van der Waals surface area contributed by atoms with Crippen molar-refractivity contribution < 1.29 is 17.6 Å². The maximum Gasteiger partial charge on any atom is 0.289 e. The third-order valence-corrected chi connectivity index (χ3v) is 7.86. The molecule has 1 amide bonds. The zero-order chi connectivity index (χ0) is 21.6. The Labute approximate surface area is 181 Å². The van der Waals surface area contributed by atoms with E-state index in [9.17, 15) is 13.2 Å². The first-order valence-corrected chi connectivity index (χ1v) is 11.6. The maximum absolute atomic E-state index is 13.1. The van der Waals surface area contributed by atoms with Crippen LogP contribution in [0.3, 0.4) is 0 Å². The second kappa shape index (κ2) is 7.72. The van der Waals surface area contributed by atoms with Gasteiger partial charge in [-0.1, -0.05) is 23.7 Å². The molecule has 1 aliphatic rings. The molecule has 0 bridgehead atoms. The molecule has 6 nitrogen and oxygen atoms in total. The van der Waals surface area contributed by atoms with Crippen LogP contribution < -0.4 is 0 Å². The zero-order valence-electron chi connectivity index (χ0n) is 17.1. The van der Waals surface area contributed by atoms with Crippen molar-refractivity contribution >= 4 is 38.5 Å². The second-order valence-corrected chi connectivity index (χ2v) is 10.0. The van der Waals surface area contributed by atoms with Crippen LogP contribution >= 0.6 is 11.6 Å². The molecule has 1 aromatic heterocycles. The van der Waals surface area contributed by atoms with E-state index < -0.39 is 10.0 Å². The molecular weight excluding hydrogens is 424 g/mol. The van der Waals surface area contributed by atoms with Crippen molar-refractivity contribution in [2.45, 2.75) is 25.7 Å². The number of hydrogen-bond donors (Lipinski definition) is 0. The van der Waals surface area contributed by atoms with Gasteiger partial charge in [0, 0.05) is 42.2 Å². The lowest BCUT2D eigenvalue weighted by Gasteiger charge is -2.34. The summed E-state index contributed by atoms with van der Waals surface area (Å²) in [6.45, 7) is 6.59. The van der Waals surface area contributed by atoms with Gasteiger partial charge in [-0.15, -0.1) is 0 Å². The van der Waals surface area contributed by atoms with Crippen LogP contribution in [0, 0.1) is 20.8 Å². The predicted molar refractivity (Wildman–Crippen MR) is 117 cm³/mol. The second-order valence-electron chi connectivity index (χ2n) is 7.66. The van der Waals surface area contributed by atoms with Crippen molar-refractivity contribution in [1.82, 2.24) is 9.21 Å². The maximum atomic E-state index is 13.1. The monoisotopic (exact) mass is 446 g/mol. The van der Waals surface area contributed by atoms with E-state index in [-0.39, 0.29) is 24.8 Å². The lowest BCUT2D eigenvalue weighted by Crippen LogP contribution is -2.50. The number of aryl methyl sites for hydroxylation is 3. The highest BCUT2D eigenvalue weighted by molar-refractivity contribution is 7.89. The van der Waals surface area contributed by atoms with E-state index in [0.29, 0.717) is 28.6 Å². The van der Waals surface area contributed by atoms with Gasteiger partial charge in [0.15, 0.2) is 5.76 Å². The number of carbonyl (C=O) groups is 1. The molecule has 30 heavy (non-hydrogen) atoms. The number of nitrogens with zero attached hydrogens (tertiary/aromatic N) is 2. The number of carbonyl (C=O) groups excluding carboxylic acids is 1. The van der Waals surface area contributed by atoms with Gasteiger partial charge in [0.05, 0.1) is 4.90 Å². The van der Waals surface area contributed by atoms with Gasteiger partial charge < -0.3 is 9.32 Å². The predicted octanol–water partition coefficient (Wildman–Crippen LogP) is 4.16. The number of benzene rings is 2. The first-order chi connectivity index (χ1) is 14.2. The average Bonchev–Trinajstić information content (AvgIpc) is 3.05. The fourth-order valence-electron chi connectivity index (χ4n) is 3.80. The molecule has 0 radical (unpaired) electrons. The van der Waals surface area contributed by atoms with Crippen molar-refractivity contribution in [1.29, 1.82) is 0 Å². The number of piperazine rings is 1. The van der Waals surface area contributed by atoms with Gasteiger partial charge in [0.25, 0.3) is 5.91 Å². The lowest BCUT2D eigenvalue weighted by molar-refractivity contribution is 0.0667. The van der Waals surface area contributed by atoms with Gasteiger partial charge >= 0.3 is 0 Å². The van der Waals surface area contributed by atoms with E-state index in [1.54, 1.807) is 36.1 Å². The third kappa shape index (κ3) is 3.62. The Morgan fingerprint density at radius 1 is 1.00 bits per heavy atom. The summed E-state index contributed by atoms with van der Waals surface area (Å²) in [4.78, 5) is 15.0. The Bertz CT molecular complexity index is 1240. The number of furan rings is 1. The van der Waals surface area contributed by atoms with E-state index in [2.05, 4.69) is 0 Å². The third-order valence-electron chi connectivity index (χ3n) is 5.58. The summed E-state index contributed by atoms with van der Waals surface area (Å²) in [6.07, 6.45) is 0. The molecule has 1 aliphatic heterocycles. The van der Waals surface area contributed by atoms with Gasteiger partial charge in [-0.05, 0) is 56.2 Å². The first-order valence-electron chi connectivity index (χ1n) is 9.74. The summed E-state index contributed by atoms with van der Waals surface area (Å²) < 4.78 is 33.4. The zero-order valence-corrected chi connectivity index (χ0v) is 18.7. The summed E-state index contributed by atoms with van der Waals surface area (Å²) in [6, 6.07) is 10.7. The highest BCUT2D eigenvalue weighted by Gasteiger charge is 2.33. The number of fused-ring (bicyclic) bond motifs is 1. The summed E-state index contributed by atoms with van der Waals surface area (Å²) >= 11 is 6.06. The fourth-order valence-corrected chi connectivity index (χ4v) is 5.70. The smallest absolute Gasteiger partial charge is 0.289 e. The summed E-state index contributed by atoms with van der Waals surface area (Å²) in [7, 11) is -3.61. The number of amides is 1. The Kier molecular flexibility index (Phi) is 5.38. The van der Waals surface area contributed by atoms with Crippen LogP contribution in [0.5, 0.6) is 0 Å². The summed E-state index contributed by atoms with van der Waals surface area (Å²) in [5, 5.41) is 1.39. The van der Waals surface area contributed by atoms with Gasteiger partial charge in [0.1, 0.15) is 5.58 Å². The molecule has 0 spiro atoms. The van der Waals surface area contributed by atoms with E-state index >= 15 is 0 Å². The van der Waals surface area contributed by atoms with E-state index in [4.69, 9.17) is 16.0 Å². The standard InChI is InChI=1S/C22H23ClN2O4S/c1-14-4-5-15(2)20(12-14)30(27,28)25-10-8-24(9-11-25)22(26)21-16(3)18-13-17(23)6-7-19(18)29-21/h4-7,12-13H,8-11H2,1-3H3. The molecule has 3 aromatic rings. The topological polar surface area (TPSA) is 70.8 Å². The van der Waals surface area contributed by atoms with Crippen molar-refractivity contribution in [3.05, 3.63) is 63.9 Å². The lowest BCUT2D eigenvalue weighted by atomic mass is 10.1. The number of sulfonamides is 1. The molecule has 0 saturated carbocycles. The van der Waals surface area contributed by atoms with Crippen molar-refractivity contribution in [2.24, 2.45) is 0 Å². The van der Waals surface area contributed by atoms with Gasteiger partial charge in [-0.2, -0.15) is 4.31 Å². The molecule has 1 saturated heterocycles. The minimum Gasteiger partial charge on any atom is -0.451 e. The van der Waals surface area contributed by atoms with Crippen molar-refractivity contribution in [3.63, 3.8) is 0 Å². The highest BCUT2D eigenvalue weighted by Crippen LogP contribution is 2.29. The molecule has 1 fully saturated rings. The average molecular weight is 447 g/mol. The molecule has 0 atom stereocenters. The Morgan fingerprint density at radius 2 is 1.70 bits per heavy atom. The van der Waals surface area contributed by atoms with E-state index in [1.165, 1.54) is 4.31 Å².